The molecule has 1 N–H and O–H groups in total. The Hall–Kier alpha value is -1.53. The number of rotatable bonds is 5. The largest absolute Gasteiger partial charge is 0.370 e. The van der Waals surface area contributed by atoms with E-state index >= 15 is 0 Å². The molecule has 2 aromatic carbocycles. The average molecular weight is 409 g/mol. The number of carbonyl (C=O) groups is 1. The number of para-hydroxylation sites is 1. The summed E-state index contributed by atoms with van der Waals surface area (Å²) < 4.78 is 14.4. The molecule has 126 valence electrons. The van der Waals surface area contributed by atoms with E-state index in [-0.39, 0.29) is 11.6 Å². The number of hydrogen-bond donors (Lipinski definition) is 1. The Morgan fingerprint density at radius 2 is 2.12 bits per heavy atom. The summed E-state index contributed by atoms with van der Waals surface area (Å²) in [6.45, 7) is 1.82. The number of anilines is 2. The van der Waals surface area contributed by atoms with E-state index in [1.807, 2.05) is 17.8 Å². The molecule has 0 saturated heterocycles. The van der Waals surface area contributed by atoms with E-state index in [1.54, 1.807) is 12.1 Å². The third-order valence-electron chi connectivity index (χ3n) is 3.86. The second-order valence-electron chi connectivity index (χ2n) is 5.58. The van der Waals surface area contributed by atoms with E-state index in [1.165, 1.54) is 16.6 Å². The number of fused-ring (bicyclic) bond motifs is 1. The van der Waals surface area contributed by atoms with Gasteiger partial charge in [-0.1, -0.05) is 28.1 Å². The lowest BCUT2D eigenvalue weighted by molar-refractivity contribution is -0.116. The zero-order valence-corrected chi connectivity index (χ0v) is 15.5. The summed E-state index contributed by atoms with van der Waals surface area (Å²) in [5.74, 6) is 0.475. The Kier molecular flexibility index (Phi) is 5.79. The molecule has 3 rings (SSSR count). The van der Waals surface area contributed by atoms with Crippen molar-refractivity contribution in [3.8, 4) is 0 Å². The first-order valence-electron chi connectivity index (χ1n) is 7.85. The highest BCUT2D eigenvalue weighted by Crippen LogP contribution is 2.34. The molecule has 0 aromatic heterocycles. The molecule has 0 unspecified atom stereocenters. The first-order chi connectivity index (χ1) is 11.6. The van der Waals surface area contributed by atoms with Gasteiger partial charge in [-0.3, -0.25) is 4.79 Å². The lowest BCUT2D eigenvalue weighted by Gasteiger charge is -2.30. The molecule has 0 fully saturated rings. The van der Waals surface area contributed by atoms with Crippen molar-refractivity contribution in [2.75, 3.05) is 29.1 Å². The van der Waals surface area contributed by atoms with Crippen LogP contribution < -0.4 is 10.2 Å². The predicted molar refractivity (Wildman–Crippen MR) is 101 cm³/mol. The lowest BCUT2D eigenvalue weighted by atomic mass is 10.2. The lowest BCUT2D eigenvalue weighted by Crippen LogP contribution is -2.30. The minimum atomic E-state index is -0.431. The van der Waals surface area contributed by atoms with Crippen LogP contribution in [-0.4, -0.2) is 24.7 Å². The van der Waals surface area contributed by atoms with Gasteiger partial charge in [0.05, 0.1) is 11.4 Å². The van der Waals surface area contributed by atoms with Gasteiger partial charge >= 0.3 is 0 Å². The van der Waals surface area contributed by atoms with E-state index in [0.717, 1.165) is 25.3 Å². The third-order valence-corrected chi connectivity index (χ3v) is 5.40. The molecule has 0 aliphatic carbocycles. The Morgan fingerprint density at radius 3 is 2.96 bits per heavy atom. The molecule has 3 nitrogen and oxygen atoms in total. The number of amides is 1. The molecule has 1 heterocycles. The molecule has 1 amide bonds. The smallest absolute Gasteiger partial charge is 0.224 e. The molecule has 0 bridgehead atoms. The van der Waals surface area contributed by atoms with Crippen LogP contribution in [0.25, 0.3) is 0 Å². The van der Waals surface area contributed by atoms with Crippen LogP contribution in [-0.2, 0) is 4.79 Å². The normalized spacial score (nSPS) is 13.5. The summed E-state index contributed by atoms with van der Waals surface area (Å²) in [7, 11) is 0. The summed E-state index contributed by atoms with van der Waals surface area (Å²) in [4.78, 5) is 15.6. The van der Waals surface area contributed by atoms with Crippen LogP contribution >= 0.6 is 27.7 Å². The number of thioether (sulfide) groups is 1. The van der Waals surface area contributed by atoms with E-state index in [2.05, 4.69) is 44.3 Å². The second kappa shape index (κ2) is 8.03. The van der Waals surface area contributed by atoms with Crippen molar-refractivity contribution in [1.29, 1.82) is 0 Å². The number of nitrogens with one attached hydrogen (secondary N) is 1. The van der Waals surface area contributed by atoms with Gasteiger partial charge in [0.2, 0.25) is 5.91 Å². The highest BCUT2D eigenvalue weighted by atomic mass is 79.9. The highest BCUT2D eigenvalue weighted by molar-refractivity contribution is 9.10. The predicted octanol–water partition coefficient (Wildman–Crippen LogP) is 4.92. The number of nitrogens with zero attached hydrogens (tertiary/aromatic N) is 1. The van der Waals surface area contributed by atoms with Crippen molar-refractivity contribution in [2.24, 2.45) is 0 Å². The van der Waals surface area contributed by atoms with Gasteiger partial charge in [0.1, 0.15) is 5.82 Å². The van der Waals surface area contributed by atoms with Crippen LogP contribution in [0.4, 0.5) is 15.8 Å². The first kappa shape index (κ1) is 17.3. The Bertz CT molecular complexity index is 741. The molecule has 0 spiro atoms. The minimum Gasteiger partial charge on any atom is -0.370 e. The Morgan fingerprint density at radius 1 is 1.29 bits per heavy atom. The van der Waals surface area contributed by atoms with Gasteiger partial charge in [0, 0.05) is 34.6 Å². The van der Waals surface area contributed by atoms with Crippen molar-refractivity contribution in [3.05, 3.63) is 52.8 Å². The third kappa shape index (κ3) is 4.30. The van der Waals surface area contributed by atoms with Gasteiger partial charge < -0.3 is 10.2 Å². The van der Waals surface area contributed by atoms with Crippen LogP contribution in [0.3, 0.4) is 0 Å². The summed E-state index contributed by atoms with van der Waals surface area (Å²) in [5, 5.41) is 2.64. The maximum atomic E-state index is 13.7. The molecule has 0 atom stereocenters. The van der Waals surface area contributed by atoms with Crippen LogP contribution in [0.5, 0.6) is 0 Å². The van der Waals surface area contributed by atoms with Gasteiger partial charge in [0.25, 0.3) is 0 Å². The maximum absolute atomic E-state index is 13.7. The van der Waals surface area contributed by atoms with E-state index in [9.17, 15) is 9.18 Å². The van der Waals surface area contributed by atoms with Crippen LogP contribution in [0.1, 0.15) is 12.8 Å². The van der Waals surface area contributed by atoms with Gasteiger partial charge in [-0.25, -0.2) is 4.39 Å². The fourth-order valence-corrected chi connectivity index (χ4v) is 4.08. The molecule has 0 radical (unpaired) electrons. The highest BCUT2D eigenvalue weighted by Gasteiger charge is 2.16. The number of hydrogen-bond acceptors (Lipinski definition) is 3. The molecular formula is C18H18BrFN2OS. The van der Waals surface area contributed by atoms with E-state index in [0.29, 0.717) is 10.9 Å². The minimum absolute atomic E-state index is 0.157. The van der Waals surface area contributed by atoms with E-state index < -0.39 is 5.82 Å². The van der Waals surface area contributed by atoms with Crippen LogP contribution in [0.2, 0.25) is 0 Å². The SMILES string of the molecule is O=C(CCCN1CCSc2ccccc21)Nc1ccc(Br)cc1F. The quantitative estimate of drug-likeness (QED) is 0.761. The van der Waals surface area contributed by atoms with Crippen LogP contribution in [0.15, 0.2) is 51.8 Å². The summed E-state index contributed by atoms with van der Waals surface area (Å²) >= 11 is 5.07. The summed E-state index contributed by atoms with van der Waals surface area (Å²) in [6.07, 6.45) is 1.12. The average Bonchev–Trinajstić information content (AvgIpc) is 2.58. The first-order valence-corrected chi connectivity index (χ1v) is 9.63. The van der Waals surface area contributed by atoms with Gasteiger partial charge in [-0.05, 0) is 36.8 Å². The molecule has 1 aliphatic rings. The van der Waals surface area contributed by atoms with E-state index in [4.69, 9.17) is 0 Å². The van der Waals surface area contributed by atoms with Crippen molar-refractivity contribution in [3.63, 3.8) is 0 Å². The van der Waals surface area contributed by atoms with Gasteiger partial charge in [-0.2, -0.15) is 0 Å². The molecule has 24 heavy (non-hydrogen) atoms. The van der Waals surface area contributed by atoms with Crippen molar-refractivity contribution in [1.82, 2.24) is 0 Å². The standard InChI is InChI=1S/C18H18BrFN2OS/c19-13-7-8-15(14(20)12-13)21-18(23)6-3-9-22-10-11-24-17-5-2-1-4-16(17)22/h1-2,4-5,7-8,12H,3,6,9-11H2,(H,21,23). The number of halogens is 2. The number of benzene rings is 2. The Labute approximate surface area is 153 Å². The molecule has 0 saturated carbocycles. The zero-order chi connectivity index (χ0) is 16.9. The van der Waals surface area contributed by atoms with Crippen molar-refractivity contribution < 1.29 is 9.18 Å². The molecule has 6 heteroatoms. The van der Waals surface area contributed by atoms with Crippen molar-refractivity contribution in [2.45, 2.75) is 17.7 Å². The summed E-state index contributed by atoms with van der Waals surface area (Å²) in [5.41, 5.74) is 1.47. The Balaban J connectivity index is 1.51. The monoisotopic (exact) mass is 408 g/mol. The van der Waals surface area contributed by atoms with Gasteiger partial charge in [0.15, 0.2) is 0 Å². The zero-order valence-electron chi connectivity index (χ0n) is 13.1. The molecular weight excluding hydrogens is 391 g/mol. The fourth-order valence-electron chi connectivity index (χ4n) is 2.69. The van der Waals surface area contributed by atoms with Gasteiger partial charge in [-0.15, -0.1) is 11.8 Å². The molecule has 1 aliphatic heterocycles. The van der Waals surface area contributed by atoms with Crippen molar-refractivity contribution >= 4 is 45.0 Å². The second-order valence-corrected chi connectivity index (χ2v) is 7.63. The summed E-state index contributed by atoms with van der Waals surface area (Å²) in [6, 6.07) is 13.0. The molecule has 2 aromatic rings. The maximum Gasteiger partial charge on any atom is 0.224 e. The van der Waals surface area contributed by atoms with Crippen LogP contribution in [0, 0.1) is 5.82 Å². The topological polar surface area (TPSA) is 32.3 Å². The number of carbonyl (C=O) groups excluding carboxylic acids is 1. The fraction of sp³-hybridized carbons (Fsp3) is 0.278.